The molecular weight excluding hydrogens is 686 g/mol. The molecule has 6 rings (SSSR count). The molecule has 52 heavy (non-hydrogen) atoms. The van der Waals surface area contributed by atoms with Gasteiger partial charge in [0.1, 0.15) is 16.9 Å². The van der Waals surface area contributed by atoms with Gasteiger partial charge < -0.3 is 31.6 Å². The number of nitrogen functional groups attached to an aromatic ring is 1. The summed E-state index contributed by atoms with van der Waals surface area (Å²) in [5.41, 5.74) is 15.4. The summed E-state index contributed by atoms with van der Waals surface area (Å²) in [5.74, 6) is -2.30. The molecule has 1 atom stereocenters. The molecule has 1 aliphatic carbocycles. The first-order chi connectivity index (χ1) is 24.7. The Morgan fingerprint density at radius 2 is 1.73 bits per heavy atom. The molecule has 5 aromatic rings. The summed E-state index contributed by atoms with van der Waals surface area (Å²) in [4.78, 5) is 56.3. The first-order valence-electron chi connectivity index (χ1n) is 16.4. The van der Waals surface area contributed by atoms with Crippen molar-refractivity contribution in [1.82, 2.24) is 19.9 Å². The van der Waals surface area contributed by atoms with Gasteiger partial charge in [0.05, 0.1) is 35.6 Å². The number of carbonyl (C=O) groups excluding carboxylic acids is 4. The molecule has 6 N–H and O–H groups in total. The molecule has 270 valence electrons. The Kier molecular flexibility index (Phi) is 11.3. The second-order valence-corrected chi connectivity index (χ2v) is 13.5. The normalized spacial score (nSPS) is 13.4. The van der Waals surface area contributed by atoms with Crippen LogP contribution in [-0.2, 0) is 22.4 Å². The molecule has 1 aliphatic rings. The lowest BCUT2D eigenvalue weighted by Gasteiger charge is -2.21. The van der Waals surface area contributed by atoms with E-state index < -0.39 is 29.4 Å². The smallest absolute Gasteiger partial charge is 0.356 e. The van der Waals surface area contributed by atoms with Crippen LogP contribution >= 0.6 is 11.6 Å². The third-order valence-electron chi connectivity index (χ3n) is 8.27. The van der Waals surface area contributed by atoms with Crippen molar-refractivity contribution in [2.75, 3.05) is 18.2 Å². The van der Waals surface area contributed by atoms with Gasteiger partial charge in [-0.25, -0.2) is 19.1 Å². The maximum absolute atomic E-state index is 13.7. The highest BCUT2D eigenvalue weighted by Gasteiger charge is 2.31. The summed E-state index contributed by atoms with van der Waals surface area (Å²) in [7, 11) is 1.19. The van der Waals surface area contributed by atoms with E-state index in [4.69, 9.17) is 32.5 Å². The number of hydrogen-bond acceptors (Lipinski definition) is 10. The average Bonchev–Trinajstić information content (AvgIpc) is 3.73. The number of aromatic nitrogens is 3. The topological polar surface area (TPSA) is 193 Å². The van der Waals surface area contributed by atoms with Crippen molar-refractivity contribution >= 4 is 52.4 Å². The third kappa shape index (κ3) is 8.39. The second-order valence-electron chi connectivity index (χ2n) is 13.1. The standard InChI is InChI=1S/C31H30ClN5O6.C7H10N2/c1-16-17-12-13-22(19(17)11-10-18(16)29(40)43-31(2,3)4)35-28(39)25-14-24(30(41)42-5)34-26-20(15-33-37(25)26)27(38)36-23-9-7-6-8-21(23)32;8-5-6-2-1-3-7(9)4-6/h6-11,14-15,22H,12-13H2,1-5H3,(H,35,39)(H,36,38);1-4H,5,8-9H2/t22-;/m0./s1. The molecule has 14 heteroatoms. The number of anilines is 2. The number of hydrogen-bond donors (Lipinski definition) is 4. The van der Waals surface area contributed by atoms with Crippen molar-refractivity contribution in [3.8, 4) is 0 Å². The number of rotatable bonds is 7. The minimum absolute atomic E-state index is 0.0118. The SMILES string of the molecule is COC(=O)c1cc(C(=O)N[C@H]2CCc3c2ccc(C(=O)OC(C)(C)C)c3C)n2ncc(C(=O)Nc3ccccc3Cl)c2n1.NCc1cccc(N)c1. The third-order valence-corrected chi connectivity index (χ3v) is 8.60. The summed E-state index contributed by atoms with van der Waals surface area (Å²) in [6.07, 6.45) is 2.51. The molecule has 2 aromatic heterocycles. The number of fused-ring (bicyclic) bond motifs is 2. The number of amides is 2. The average molecular weight is 726 g/mol. The van der Waals surface area contributed by atoms with Crippen LogP contribution in [0.3, 0.4) is 0 Å². The molecule has 0 saturated heterocycles. The number of benzene rings is 3. The molecular formula is C38H40ClN7O6. The Bertz CT molecular complexity index is 2180. The van der Waals surface area contributed by atoms with Crippen LogP contribution in [0.5, 0.6) is 0 Å². The Balaban J connectivity index is 0.000000507. The number of nitrogens with zero attached hydrogens (tertiary/aromatic N) is 3. The Hall–Kier alpha value is -5.79. The Morgan fingerprint density at radius 3 is 2.38 bits per heavy atom. The van der Waals surface area contributed by atoms with Crippen molar-refractivity contribution in [2.24, 2.45) is 5.73 Å². The molecule has 0 fully saturated rings. The van der Waals surface area contributed by atoms with Crippen molar-refractivity contribution in [1.29, 1.82) is 0 Å². The van der Waals surface area contributed by atoms with Crippen LogP contribution in [0.2, 0.25) is 5.02 Å². The molecule has 0 unspecified atom stereocenters. The van der Waals surface area contributed by atoms with Gasteiger partial charge in [-0.1, -0.05) is 41.9 Å². The molecule has 0 spiro atoms. The second kappa shape index (κ2) is 15.6. The molecule has 0 bridgehead atoms. The highest BCUT2D eigenvalue weighted by molar-refractivity contribution is 6.34. The Morgan fingerprint density at radius 1 is 0.981 bits per heavy atom. The summed E-state index contributed by atoms with van der Waals surface area (Å²) in [5, 5.41) is 10.3. The fourth-order valence-corrected chi connectivity index (χ4v) is 5.97. The number of para-hydroxylation sites is 1. The van der Waals surface area contributed by atoms with Crippen molar-refractivity contribution in [3.05, 3.63) is 123 Å². The zero-order valence-corrected chi connectivity index (χ0v) is 30.2. The van der Waals surface area contributed by atoms with Crippen LogP contribution in [-0.4, -0.2) is 51.1 Å². The largest absolute Gasteiger partial charge is 0.464 e. The van der Waals surface area contributed by atoms with Gasteiger partial charge in [0.15, 0.2) is 11.3 Å². The quantitative estimate of drug-likeness (QED) is 0.117. The lowest BCUT2D eigenvalue weighted by molar-refractivity contribution is 0.00681. The zero-order valence-electron chi connectivity index (χ0n) is 29.5. The fraction of sp³-hybridized carbons (Fsp3) is 0.263. The maximum atomic E-state index is 13.7. The van der Waals surface area contributed by atoms with Gasteiger partial charge in [-0.15, -0.1) is 0 Å². The molecule has 2 heterocycles. The highest BCUT2D eigenvalue weighted by Crippen LogP contribution is 2.35. The number of esters is 2. The van der Waals surface area contributed by atoms with E-state index in [0.717, 1.165) is 27.9 Å². The van der Waals surface area contributed by atoms with Crippen molar-refractivity contribution < 1.29 is 28.7 Å². The van der Waals surface area contributed by atoms with Crippen LogP contribution in [0.4, 0.5) is 11.4 Å². The van der Waals surface area contributed by atoms with Gasteiger partial charge >= 0.3 is 11.9 Å². The monoisotopic (exact) mass is 725 g/mol. The number of halogens is 1. The number of carbonyl (C=O) groups is 4. The molecule has 13 nitrogen and oxygen atoms in total. The van der Waals surface area contributed by atoms with E-state index in [1.54, 1.807) is 30.3 Å². The van der Waals surface area contributed by atoms with Crippen LogP contribution in [0, 0.1) is 6.92 Å². The van der Waals surface area contributed by atoms with E-state index in [9.17, 15) is 19.2 Å². The molecule has 0 saturated carbocycles. The Labute approximate surface area is 305 Å². The number of nitrogens with one attached hydrogen (secondary N) is 2. The van der Waals surface area contributed by atoms with Crippen molar-refractivity contribution in [2.45, 2.75) is 58.7 Å². The van der Waals surface area contributed by atoms with Crippen LogP contribution in [0.25, 0.3) is 5.65 Å². The first-order valence-corrected chi connectivity index (χ1v) is 16.8. The number of ether oxygens (including phenoxy) is 2. The van der Waals surface area contributed by atoms with E-state index >= 15 is 0 Å². The number of methoxy groups -OCH3 is 1. The summed E-state index contributed by atoms with van der Waals surface area (Å²) in [6.45, 7) is 7.87. The maximum Gasteiger partial charge on any atom is 0.356 e. The summed E-state index contributed by atoms with van der Waals surface area (Å²) in [6, 6.07) is 18.7. The highest BCUT2D eigenvalue weighted by atomic mass is 35.5. The minimum atomic E-state index is -0.785. The molecule has 0 radical (unpaired) electrons. The van der Waals surface area contributed by atoms with E-state index in [0.29, 0.717) is 35.7 Å². The van der Waals surface area contributed by atoms with Gasteiger partial charge in [0.25, 0.3) is 11.8 Å². The van der Waals surface area contributed by atoms with Gasteiger partial charge in [-0.05, 0) is 93.1 Å². The lowest BCUT2D eigenvalue weighted by atomic mass is 9.97. The first kappa shape index (κ1) is 37.5. The van der Waals surface area contributed by atoms with Gasteiger partial charge in [0.2, 0.25) is 0 Å². The van der Waals surface area contributed by atoms with Gasteiger partial charge in [-0.3, -0.25) is 9.59 Å². The van der Waals surface area contributed by atoms with Crippen LogP contribution in [0.1, 0.15) is 97.2 Å². The molecule has 3 aromatic carbocycles. The van der Waals surface area contributed by atoms with Crippen molar-refractivity contribution in [3.63, 3.8) is 0 Å². The van der Waals surface area contributed by atoms with Gasteiger partial charge in [-0.2, -0.15) is 5.10 Å². The number of nitrogens with two attached hydrogens (primary N) is 2. The van der Waals surface area contributed by atoms with E-state index in [-0.39, 0.29) is 28.6 Å². The molecule has 2 amide bonds. The van der Waals surface area contributed by atoms with Gasteiger partial charge in [0, 0.05) is 18.3 Å². The van der Waals surface area contributed by atoms with E-state index in [1.165, 1.54) is 23.9 Å². The minimum Gasteiger partial charge on any atom is -0.464 e. The fourth-order valence-electron chi connectivity index (χ4n) is 5.78. The van der Waals surface area contributed by atoms with E-state index in [1.807, 2.05) is 58.0 Å². The van der Waals surface area contributed by atoms with Crippen LogP contribution in [0.15, 0.2) is 72.9 Å². The lowest BCUT2D eigenvalue weighted by Crippen LogP contribution is -2.30. The predicted octanol–water partition coefficient (Wildman–Crippen LogP) is 5.83. The predicted molar refractivity (Wildman–Crippen MR) is 197 cm³/mol. The van der Waals surface area contributed by atoms with Crippen LogP contribution < -0.4 is 22.1 Å². The zero-order chi connectivity index (χ0) is 37.7. The summed E-state index contributed by atoms with van der Waals surface area (Å²) < 4.78 is 11.6. The summed E-state index contributed by atoms with van der Waals surface area (Å²) >= 11 is 6.19. The molecule has 0 aliphatic heterocycles. The van der Waals surface area contributed by atoms with E-state index in [2.05, 4.69) is 20.7 Å².